The maximum atomic E-state index is 12.0. The molecule has 21 heavy (non-hydrogen) atoms. The zero-order valence-electron chi connectivity index (χ0n) is 13.5. The molecule has 2 aliphatic rings. The van der Waals surface area contributed by atoms with Crippen molar-refractivity contribution in [3.63, 3.8) is 0 Å². The minimum absolute atomic E-state index is 0.172. The maximum Gasteiger partial charge on any atom is 0.322 e. The van der Waals surface area contributed by atoms with Crippen LogP contribution in [0.5, 0.6) is 0 Å². The largest absolute Gasteiger partial charge is 0.323 e. The number of carbonyl (C=O) groups is 2. The van der Waals surface area contributed by atoms with Crippen LogP contribution in [0, 0.1) is 5.92 Å². The Morgan fingerprint density at radius 3 is 2.38 bits per heavy atom. The third-order valence-electron chi connectivity index (χ3n) is 4.42. The molecule has 0 saturated carbocycles. The molecule has 0 aromatic rings. The number of imide groups is 1. The zero-order chi connectivity index (χ0) is 15.7. The summed E-state index contributed by atoms with van der Waals surface area (Å²) >= 11 is 1.99. The number of urea groups is 1. The molecule has 5 nitrogen and oxygen atoms in total. The second-order valence-corrected chi connectivity index (χ2v) is 9.11. The lowest BCUT2D eigenvalue weighted by Crippen LogP contribution is -2.53. The number of nitrogens with zero attached hydrogens (tertiary/aromatic N) is 1. The number of hydrogen-bond acceptors (Lipinski definition) is 4. The molecule has 2 saturated heterocycles. The fourth-order valence-electron chi connectivity index (χ4n) is 3.06. The highest BCUT2D eigenvalue weighted by atomic mass is 32.2. The lowest BCUT2D eigenvalue weighted by Gasteiger charge is -2.38. The Kier molecular flexibility index (Phi) is 4.88. The van der Waals surface area contributed by atoms with E-state index in [4.69, 9.17) is 0 Å². The summed E-state index contributed by atoms with van der Waals surface area (Å²) in [5, 5.41) is 5.17. The molecule has 1 atom stereocenters. The van der Waals surface area contributed by atoms with Crippen LogP contribution in [-0.4, -0.2) is 52.5 Å². The van der Waals surface area contributed by atoms with Gasteiger partial charge in [-0.2, -0.15) is 11.8 Å². The van der Waals surface area contributed by atoms with Gasteiger partial charge < -0.3 is 10.2 Å². The minimum atomic E-state index is -0.719. The average Bonchev–Trinajstić information content (AvgIpc) is 2.63. The first-order valence-electron chi connectivity index (χ1n) is 7.70. The van der Waals surface area contributed by atoms with Crippen LogP contribution in [0.1, 0.15) is 40.5 Å². The van der Waals surface area contributed by atoms with E-state index in [1.54, 1.807) is 0 Å². The van der Waals surface area contributed by atoms with Crippen LogP contribution in [0.15, 0.2) is 0 Å². The Balaban J connectivity index is 1.78. The van der Waals surface area contributed by atoms with Gasteiger partial charge in [-0.05, 0) is 38.8 Å². The zero-order valence-corrected chi connectivity index (χ0v) is 14.3. The van der Waals surface area contributed by atoms with E-state index in [9.17, 15) is 9.59 Å². The average molecular weight is 313 g/mol. The van der Waals surface area contributed by atoms with E-state index in [0.717, 1.165) is 38.2 Å². The molecule has 0 aromatic carbocycles. The summed E-state index contributed by atoms with van der Waals surface area (Å²) in [7, 11) is 0. The van der Waals surface area contributed by atoms with Crippen LogP contribution < -0.4 is 10.6 Å². The molecule has 2 rings (SSSR count). The van der Waals surface area contributed by atoms with Gasteiger partial charge in [-0.25, -0.2) is 4.79 Å². The standard InChI is InChI=1S/C15H27N3O2S/c1-14(2,3)21-10-9-18-7-5-11(6-8-18)15(4)12(19)16-13(20)17-15/h11H,5-10H2,1-4H3,(H2,16,17,19,20)/t15-/m1/s1. The molecular weight excluding hydrogens is 286 g/mol. The van der Waals surface area contributed by atoms with Crippen LogP contribution in [0.25, 0.3) is 0 Å². The van der Waals surface area contributed by atoms with Gasteiger partial charge in [0.25, 0.3) is 5.91 Å². The van der Waals surface area contributed by atoms with E-state index < -0.39 is 5.54 Å². The van der Waals surface area contributed by atoms with Gasteiger partial charge in [-0.1, -0.05) is 20.8 Å². The van der Waals surface area contributed by atoms with Gasteiger partial charge in [0.15, 0.2) is 0 Å². The second kappa shape index (κ2) is 6.16. The first-order valence-corrected chi connectivity index (χ1v) is 8.69. The Hall–Kier alpha value is -0.750. The summed E-state index contributed by atoms with van der Waals surface area (Å²) in [6, 6.07) is -0.355. The molecule has 0 unspecified atom stereocenters. The van der Waals surface area contributed by atoms with Gasteiger partial charge in [0, 0.05) is 17.0 Å². The van der Waals surface area contributed by atoms with Gasteiger partial charge in [0.2, 0.25) is 0 Å². The summed E-state index contributed by atoms with van der Waals surface area (Å²) in [5.74, 6) is 1.20. The number of amides is 3. The van der Waals surface area contributed by atoms with Crippen LogP contribution >= 0.6 is 11.8 Å². The second-order valence-electron chi connectivity index (χ2n) is 7.19. The highest BCUT2D eigenvalue weighted by Crippen LogP contribution is 2.31. The number of rotatable bonds is 4. The molecule has 0 radical (unpaired) electrons. The number of likely N-dealkylation sites (tertiary alicyclic amines) is 1. The normalized spacial score (nSPS) is 28.6. The molecular formula is C15H27N3O2S. The summed E-state index contributed by atoms with van der Waals surface area (Å²) in [6.07, 6.45) is 1.93. The Labute approximate surface area is 131 Å². The molecule has 0 aliphatic carbocycles. The number of piperidine rings is 1. The van der Waals surface area contributed by atoms with E-state index in [0.29, 0.717) is 4.75 Å². The van der Waals surface area contributed by atoms with Crippen molar-refractivity contribution in [2.45, 2.75) is 50.8 Å². The molecule has 0 spiro atoms. The van der Waals surface area contributed by atoms with Crippen molar-refractivity contribution >= 4 is 23.7 Å². The Bertz CT molecular complexity index is 414. The summed E-state index contributed by atoms with van der Waals surface area (Å²) in [5.41, 5.74) is -0.719. The lowest BCUT2D eigenvalue weighted by atomic mass is 9.79. The summed E-state index contributed by atoms with van der Waals surface area (Å²) in [6.45, 7) is 11.7. The molecule has 3 amide bonds. The molecule has 6 heteroatoms. The molecule has 0 bridgehead atoms. The molecule has 120 valence electrons. The van der Waals surface area contributed by atoms with Crippen LogP contribution in [-0.2, 0) is 4.79 Å². The highest BCUT2D eigenvalue weighted by Gasteiger charge is 2.48. The van der Waals surface area contributed by atoms with E-state index in [1.807, 2.05) is 18.7 Å². The minimum Gasteiger partial charge on any atom is -0.323 e. The number of thioether (sulfide) groups is 1. The van der Waals surface area contributed by atoms with E-state index in [2.05, 4.69) is 36.3 Å². The van der Waals surface area contributed by atoms with Crippen molar-refractivity contribution in [3.05, 3.63) is 0 Å². The summed E-state index contributed by atoms with van der Waals surface area (Å²) < 4.78 is 0.317. The predicted molar refractivity (Wildman–Crippen MR) is 86.5 cm³/mol. The van der Waals surface area contributed by atoms with Crippen molar-refractivity contribution in [2.75, 3.05) is 25.4 Å². The quantitative estimate of drug-likeness (QED) is 0.777. The molecule has 0 aromatic heterocycles. The maximum absolute atomic E-state index is 12.0. The topological polar surface area (TPSA) is 61.4 Å². The van der Waals surface area contributed by atoms with E-state index >= 15 is 0 Å². The van der Waals surface area contributed by atoms with Crippen molar-refractivity contribution in [3.8, 4) is 0 Å². The van der Waals surface area contributed by atoms with Crippen molar-refractivity contribution in [1.29, 1.82) is 0 Å². The highest BCUT2D eigenvalue weighted by molar-refractivity contribution is 8.00. The molecule has 2 fully saturated rings. The fourth-order valence-corrected chi connectivity index (χ4v) is 4.02. The van der Waals surface area contributed by atoms with Crippen molar-refractivity contribution < 1.29 is 9.59 Å². The van der Waals surface area contributed by atoms with Gasteiger partial charge >= 0.3 is 6.03 Å². The Morgan fingerprint density at radius 2 is 1.90 bits per heavy atom. The van der Waals surface area contributed by atoms with Crippen LogP contribution in [0.2, 0.25) is 0 Å². The van der Waals surface area contributed by atoms with Crippen molar-refractivity contribution in [1.82, 2.24) is 15.5 Å². The Morgan fingerprint density at radius 1 is 1.29 bits per heavy atom. The van der Waals surface area contributed by atoms with Gasteiger partial charge in [0.1, 0.15) is 5.54 Å². The third-order valence-corrected chi connectivity index (χ3v) is 5.67. The molecule has 2 N–H and O–H groups in total. The van der Waals surface area contributed by atoms with Crippen molar-refractivity contribution in [2.24, 2.45) is 5.92 Å². The van der Waals surface area contributed by atoms with Gasteiger partial charge in [-0.15, -0.1) is 0 Å². The monoisotopic (exact) mass is 313 g/mol. The lowest BCUT2D eigenvalue weighted by molar-refractivity contribution is -0.125. The fraction of sp³-hybridized carbons (Fsp3) is 0.867. The van der Waals surface area contributed by atoms with Gasteiger partial charge in [-0.3, -0.25) is 10.1 Å². The first kappa shape index (κ1) is 16.6. The van der Waals surface area contributed by atoms with Crippen LogP contribution in [0.3, 0.4) is 0 Å². The van der Waals surface area contributed by atoms with Crippen LogP contribution in [0.4, 0.5) is 4.79 Å². The summed E-state index contributed by atoms with van der Waals surface area (Å²) in [4.78, 5) is 25.8. The third kappa shape index (κ3) is 4.13. The molecule has 2 aliphatic heterocycles. The first-order chi connectivity index (χ1) is 9.71. The number of nitrogens with one attached hydrogen (secondary N) is 2. The number of hydrogen-bond donors (Lipinski definition) is 2. The van der Waals surface area contributed by atoms with Gasteiger partial charge in [0.05, 0.1) is 0 Å². The predicted octanol–water partition coefficient (Wildman–Crippen LogP) is 1.83. The smallest absolute Gasteiger partial charge is 0.322 e. The SMILES string of the molecule is CC(C)(C)SCCN1CCC([C@@]2(C)NC(=O)NC2=O)CC1. The van der Waals surface area contributed by atoms with E-state index in [-0.39, 0.29) is 17.9 Å². The van der Waals surface area contributed by atoms with E-state index in [1.165, 1.54) is 0 Å². The molecule has 2 heterocycles. The number of carbonyl (C=O) groups excluding carboxylic acids is 2.